The average molecular weight is 471 g/mol. The third-order valence-electron chi connectivity index (χ3n) is 10.9. The zero-order valence-corrected chi connectivity index (χ0v) is 21.0. The summed E-state index contributed by atoms with van der Waals surface area (Å²) in [7, 11) is 0. The molecule has 32 heavy (non-hydrogen) atoms. The Morgan fingerprint density at radius 1 is 0.969 bits per heavy atom. The molecule has 184 valence electrons. The molecule has 0 radical (unpaired) electrons. The Bertz CT molecular complexity index is 756. The highest BCUT2D eigenvalue weighted by Gasteiger charge is 2.72. The molecule has 4 saturated carbocycles. The number of aliphatic hydroxyl groups excluding tert-OH is 2. The van der Waals surface area contributed by atoms with E-state index in [1.807, 2.05) is 0 Å². The van der Waals surface area contributed by atoms with Gasteiger partial charge >= 0.3 is 0 Å². The Morgan fingerprint density at radius 2 is 1.72 bits per heavy atom. The van der Waals surface area contributed by atoms with Crippen LogP contribution in [0.4, 0.5) is 0 Å². The van der Waals surface area contributed by atoms with Crippen LogP contribution < -0.4 is 5.32 Å². The van der Waals surface area contributed by atoms with Gasteiger partial charge in [0.1, 0.15) is 11.7 Å². The van der Waals surface area contributed by atoms with Gasteiger partial charge in [0.25, 0.3) is 0 Å². The van der Waals surface area contributed by atoms with Crippen molar-refractivity contribution in [1.82, 2.24) is 5.32 Å². The first kappa shape index (κ1) is 24.7. The molecule has 0 aromatic rings. The highest BCUT2D eigenvalue weighted by molar-refractivity contribution is 5.91. The fourth-order valence-corrected chi connectivity index (χ4v) is 8.90. The third kappa shape index (κ3) is 3.08. The highest BCUT2D eigenvalue weighted by atomic mass is 35.5. The van der Waals surface area contributed by atoms with Crippen LogP contribution in [0.2, 0.25) is 0 Å². The van der Waals surface area contributed by atoms with E-state index in [4.69, 9.17) is 4.84 Å². The highest BCUT2D eigenvalue weighted by Crippen LogP contribution is 2.69. The molecule has 0 amide bonds. The van der Waals surface area contributed by atoms with Crippen LogP contribution in [-0.4, -0.2) is 58.0 Å². The molecular weight excluding hydrogens is 428 g/mol. The van der Waals surface area contributed by atoms with Crippen molar-refractivity contribution >= 4 is 18.1 Å². The minimum absolute atomic E-state index is 0. The lowest BCUT2D eigenvalue weighted by Crippen LogP contribution is -2.74. The van der Waals surface area contributed by atoms with E-state index >= 15 is 0 Å². The number of aliphatic hydroxyl groups is 3. The van der Waals surface area contributed by atoms with Crippen LogP contribution in [0.15, 0.2) is 5.16 Å². The molecule has 6 nitrogen and oxygen atoms in total. The van der Waals surface area contributed by atoms with Crippen molar-refractivity contribution in [3.8, 4) is 0 Å². The predicted octanol–water partition coefficient (Wildman–Crippen LogP) is 3.27. The van der Waals surface area contributed by atoms with E-state index in [2.05, 4.69) is 38.2 Å². The fourth-order valence-electron chi connectivity index (χ4n) is 8.90. The second-order valence-corrected chi connectivity index (χ2v) is 12.3. The van der Waals surface area contributed by atoms with Crippen molar-refractivity contribution in [2.45, 2.75) is 103 Å². The average Bonchev–Trinajstić information content (AvgIpc) is 3.33. The molecule has 5 rings (SSSR count). The molecular formula is C25H43ClN2O4. The Kier molecular flexibility index (Phi) is 6.24. The summed E-state index contributed by atoms with van der Waals surface area (Å²) in [6, 6.07) is 0. The molecule has 0 aromatic heterocycles. The van der Waals surface area contributed by atoms with Crippen molar-refractivity contribution in [1.29, 1.82) is 0 Å². The number of nitrogens with one attached hydrogen (secondary N) is 1. The van der Waals surface area contributed by atoms with Gasteiger partial charge in [0.15, 0.2) is 0 Å². The first-order valence-electron chi connectivity index (χ1n) is 12.6. The van der Waals surface area contributed by atoms with E-state index in [1.54, 1.807) is 0 Å². The Labute approximate surface area is 199 Å². The van der Waals surface area contributed by atoms with Gasteiger partial charge in [0, 0.05) is 23.8 Å². The summed E-state index contributed by atoms with van der Waals surface area (Å²) in [6.07, 6.45) is 6.21. The van der Waals surface area contributed by atoms with Crippen molar-refractivity contribution in [3.63, 3.8) is 0 Å². The summed E-state index contributed by atoms with van der Waals surface area (Å²) < 4.78 is 0. The topological polar surface area (TPSA) is 94.3 Å². The Balaban J connectivity index is 0.00000245. The molecule has 4 N–H and O–H groups in total. The summed E-state index contributed by atoms with van der Waals surface area (Å²) in [5, 5.41) is 42.5. The van der Waals surface area contributed by atoms with Crippen LogP contribution in [0.25, 0.3) is 0 Å². The van der Waals surface area contributed by atoms with Gasteiger partial charge in [0.2, 0.25) is 0 Å². The van der Waals surface area contributed by atoms with E-state index in [9.17, 15) is 15.3 Å². The second kappa shape index (κ2) is 8.08. The van der Waals surface area contributed by atoms with Crippen molar-refractivity contribution in [2.24, 2.45) is 39.2 Å². The van der Waals surface area contributed by atoms with E-state index in [0.29, 0.717) is 24.2 Å². The largest absolute Gasteiger partial charge is 0.393 e. The Hall–Kier alpha value is -0.400. The van der Waals surface area contributed by atoms with Gasteiger partial charge in [-0.15, -0.1) is 12.4 Å². The summed E-state index contributed by atoms with van der Waals surface area (Å²) >= 11 is 0. The molecule has 1 aliphatic heterocycles. The van der Waals surface area contributed by atoms with Crippen molar-refractivity contribution in [2.75, 3.05) is 13.1 Å². The SMILES string of the molecule is CC1(C)/C(=N/O[C@@H]2CCNC2)CC[C@]2(C)[C@@H]3CC[C@]4(C)C(O)CC[C@H]4[C@@H]3CC(O)C12O.Cl. The van der Waals surface area contributed by atoms with E-state index in [0.717, 1.165) is 63.7 Å². The first-order valence-corrected chi connectivity index (χ1v) is 12.6. The van der Waals surface area contributed by atoms with Crippen LogP contribution >= 0.6 is 12.4 Å². The number of hydrogen-bond donors (Lipinski definition) is 4. The maximum absolute atomic E-state index is 12.4. The quantitative estimate of drug-likeness (QED) is 0.465. The molecule has 5 aliphatic rings. The molecule has 7 heteroatoms. The van der Waals surface area contributed by atoms with Gasteiger partial charge in [-0.3, -0.25) is 0 Å². The zero-order valence-electron chi connectivity index (χ0n) is 20.1. The molecule has 3 unspecified atom stereocenters. The van der Waals surface area contributed by atoms with Gasteiger partial charge in [-0.25, -0.2) is 0 Å². The van der Waals surface area contributed by atoms with Crippen LogP contribution in [0, 0.1) is 34.0 Å². The van der Waals surface area contributed by atoms with Gasteiger partial charge in [0.05, 0.1) is 17.9 Å². The minimum atomic E-state index is -1.24. The maximum Gasteiger partial charge on any atom is 0.141 e. The Morgan fingerprint density at radius 3 is 2.41 bits per heavy atom. The lowest BCUT2D eigenvalue weighted by molar-refractivity contribution is -0.276. The molecule has 9 atom stereocenters. The number of oxime groups is 1. The first-order chi connectivity index (χ1) is 14.6. The molecule has 4 aliphatic carbocycles. The molecule has 1 heterocycles. The van der Waals surface area contributed by atoms with Crippen LogP contribution in [0.3, 0.4) is 0 Å². The summed E-state index contributed by atoms with van der Waals surface area (Å²) in [5.74, 6) is 1.17. The number of hydrogen-bond acceptors (Lipinski definition) is 6. The predicted molar refractivity (Wildman–Crippen MR) is 127 cm³/mol. The molecule has 1 saturated heterocycles. The normalized spacial score (nSPS) is 53.2. The molecule has 0 spiro atoms. The fraction of sp³-hybridized carbons (Fsp3) is 0.960. The standard InChI is InChI=1S/C25H42N2O4.ClH/c1-22(2)19(27-31-15-9-12-26-14-15)8-11-24(4)18-7-10-23(3)17(5-6-20(23)28)16(18)13-21(29)25(22,24)30;/h15-18,20-21,26,28-30H,5-14H2,1-4H3;1H/b27-19+;/t15-,16+,17+,18-,20?,21?,23+,24-,25?;/m1./s1. The summed E-state index contributed by atoms with van der Waals surface area (Å²) in [6.45, 7) is 10.4. The van der Waals surface area contributed by atoms with Crippen molar-refractivity contribution in [3.05, 3.63) is 0 Å². The van der Waals surface area contributed by atoms with Gasteiger partial charge in [-0.05, 0) is 74.7 Å². The van der Waals surface area contributed by atoms with E-state index in [-0.39, 0.29) is 35.4 Å². The summed E-state index contributed by atoms with van der Waals surface area (Å²) in [4.78, 5) is 5.86. The van der Waals surface area contributed by atoms with Crippen molar-refractivity contribution < 1.29 is 20.2 Å². The third-order valence-corrected chi connectivity index (χ3v) is 10.9. The lowest BCUT2D eigenvalue weighted by Gasteiger charge is -2.68. The van der Waals surface area contributed by atoms with Gasteiger partial charge in [-0.2, -0.15) is 0 Å². The monoisotopic (exact) mass is 470 g/mol. The van der Waals surface area contributed by atoms with Gasteiger partial charge in [-0.1, -0.05) is 32.9 Å². The number of fused-ring (bicyclic) bond motifs is 5. The molecule has 5 fully saturated rings. The minimum Gasteiger partial charge on any atom is -0.393 e. The zero-order chi connectivity index (χ0) is 22.2. The van der Waals surface area contributed by atoms with Gasteiger partial charge < -0.3 is 25.5 Å². The van der Waals surface area contributed by atoms with Crippen LogP contribution in [-0.2, 0) is 4.84 Å². The molecule has 0 aromatic carbocycles. The number of halogens is 1. The lowest BCUT2D eigenvalue weighted by atomic mass is 9.38. The van der Waals surface area contributed by atoms with Crippen LogP contribution in [0.1, 0.15) is 79.1 Å². The summed E-state index contributed by atoms with van der Waals surface area (Å²) in [5.41, 5.74) is -1.42. The van der Waals surface area contributed by atoms with E-state index in [1.165, 1.54) is 0 Å². The van der Waals surface area contributed by atoms with Crippen LogP contribution in [0.5, 0.6) is 0 Å². The molecule has 0 bridgehead atoms. The number of rotatable bonds is 2. The number of nitrogens with zero attached hydrogens (tertiary/aromatic N) is 1. The maximum atomic E-state index is 12.4. The van der Waals surface area contributed by atoms with E-state index < -0.39 is 17.1 Å². The second-order valence-electron chi connectivity index (χ2n) is 12.3. The smallest absolute Gasteiger partial charge is 0.141 e.